The molecule has 1 aliphatic heterocycles. The molecule has 1 unspecified atom stereocenters. The van der Waals surface area contributed by atoms with E-state index in [0.717, 1.165) is 11.1 Å². The molecule has 2 aromatic rings. The van der Waals surface area contributed by atoms with Gasteiger partial charge in [0.25, 0.3) is 0 Å². The van der Waals surface area contributed by atoms with Gasteiger partial charge in [-0.05, 0) is 18.1 Å². The fraction of sp³-hybridized carbons (Fsp3) is 0.250. The van der Waals surface area contributed by atoms with Crippen LogP contribution in [0.1, 0.15) is 24.5 Å². The molecule has 0 radical (unpaired) electrons. The van der Waals surface area contributed by atoms with Gasteiger partial charge in [-0.1, -0.05) is 60.7 Å². The van der Waals surface area contributed by atoms with Crippen molar-refractivity contribution in [3.05, 3.63) is 71.8 Å². The first-order valence-electron chi connectivity index (χ1n) is 6.41. The smallest absolute Gasteiger partial charge is 0.184 e. The summed E-state index contributed by atoms with van der Waals surface area (Å²) in [4.78, 5) is 5.37. The number of hydrogen-bond donors (Lipinski definition) is 2. The molecule has 1 heterocycles. The second kappa shape index (κ2) is 4.46. The molecule has 0 amide bonds. The summed E-state index contributed by atoms with van der Waals surface area (Å²) < 4.78 is 0. The molecule has 3 nitrogen and oxygen atoms in total. The Bertz CT molecular complexity index is 512. The van der Waals surface area contributed by atoms with Gasteiger partial charge in [0.1, 0.15) is 0 Å². The van der Waals surface area contributed by atoms with Crippen molar-refractivity contribution in [2.45, 2.75) is 24.7 Å². The van der Waals surface area contributed by atoms with Crippen molar-refractivity contribution in [1.82, 2.24) is 5.48 Å². The molecular formula is C16H17NO2. The van der Waals surface area contributed by atoms with Crippen LogP contribution in [0.5, 0.6) is 0 Å². The lowest BCUT2D eigenvalue weighted by atomic mass is 9.79. The Morgan fingerprint density at radius 3 is 1.79 bits per heavy atom. The van der Waals surface area contributed by atoms with E-state index in [9.17, 15) is 5.11 Å². The Morgan fingerprint density at radius 2 is 1.42 bits per heavy atom. The van der Waals surface area contributed by atoms with Gasteiger partial charge < -0.3 is 5.11 Å². The van der Waals surface area contributed by atoms with Crippen LogP contribution in [0.4, 0.5) is 0 Å². The highest BCUT2D eigenvalue weighted by molar-refractivity contribution is 5.39. The third-order valence-corrected chi connectivity index (χ3v) is 3.57. The first-order valence-corrected chi connectivity index (χ1v) is 6.41. The summed E-state index contributed by atoms with van der Waals surface area (Å²) in [6, 6.07) is 20.1. The maximum Gasteiger partial charge on any atom is 0.184 e. The molecule has 3 rings (SSSR count). The molecule has 0 spiro atoms. The van der Waals surface area contributed by atoms with Crippen molar-refractivity contribution >= 4 is 0 Å². The Hall–Kier alpha value is -1.68. The van der Waals surface area contributed by atoms with Crippen molar-refractivity contribution in [2.24, 2.45) is 0 Å². The molecule has 1 atom stereocenters. The summed E-state index contributed by atoms with van der Waals surface area (Å²) >= 11 is 0. The Balaban J connectivity index is 2.13. The molecule has 1 aliphatic rings. The van der Waals surface area contributed by atoms with E-state index in [-0.39, 0.29) is 0 Å². The van der Waals surface area contributed by atoms with E-state index in [2.05, 4.69) is 5.48 Å². The molecule has 0 aliphatic carbocycles. The van der Waals surface area contributed by atoms with E-state index in [4.69, 9.17) is 4.84 Å². The zero-order valence-electron chi connectivity index (χ0n) is 10.8. The van der Waals surface area contributed by atoms with Gasteiger partial charge in [-0.2, -0.15) is 5.48 Å². The summed E-state index contributed by atoms with van der Waals surface area (Å²) in [6.45, 7) is 1.67. The van der Waals surface area contributed by atoms with Crippen molar-refractivity contribution in [2.75, 3.05) is 0 Å². The average Bonchev–Trinajstić information content (AvgIpc) is 2.78. The van der Waals surface area contributed by atoms with E-state index in [1.54, 1.807) is 6.92 Å². The molecule has 2 aromatic carbocycles. The van der Waals surface area contributed by atoms with Gasteiger partial charge in [0.05, 0.1) is 5.54 Å². The van der Waals surface area contributed by atoms with Crippen LogP contribution in [-0.4, -0.2) is 10.9 Å². The summed E-state index contributed by atoms with van der Waals surface area (Å²) in [5.41, 5.74) is 4.70. The molecule has 3 heteroatoms. The maximum atomic E-state index is 10.2. The van der Waals surface area contributed by atoms with Gasteiger partial charge >= 0.3 is 0 Å². The largest absolute Gasteiger partial charge is 0.364 e. The lowest BCUT2D eigenvalue weighted by Crippen LogP contribution is -2.37. The number of hydroxylamine groups is 1. The van der Waals surface area contributed by atoms with E-state index in [1.807, 2.05) is 60.7 Å². The molecular weight excluding hydrogens is 238 g/mol. The summed E-state index contributed by atoms with van der Waals surface area (Å²) in [5.74, 6) is -1.17. The lowest BCUT2D eigenvalue weighted by molar-refractivity contribution is -0.188. The zero-order valence-corrected chi connectivity index (χ0v) is 10.8. The molecule has 1 saturated heterocycles. The molecule has 0 aromatic heterocycles. The van der Waals surface area contributed by atoms with Crippen LogP contribution in [-0.2, 0) is 10.4 Å². The topological polar surface area (TPSA) is 41.5 Å². The van der Waals surface area contributed by atoms with E-state index in [1.165, 1.54) is 0 Å². The zero-order chi connectivity index (χ0) is 13.3. The normalized spacial score (nSPS) is 25.4. The predicted molar refractivity (Wildman–Crippen MR) is 73.1 cm³/mol. The summed E-state index contributed by atoms with van der Waals surface area (Å²) in [5, 5.41) is 10.2. The van der Waals surface area contributed by atoms with Crippen LogP contribution in [0.3, 0.4) is 0 Å². The molecule has 0 bridgehead atoms. The highest BCUT2D eigenvalue weighted by Gasteiger charge is 2.48. The fourth-order valence-electron chi connectivity index (χ4n) is 2.70. The van der Waals surface area contributed by atoms with Gasteiger partial charge in [-0.15, -0.1) is 0 Å². The van der Waals surface area contributed by atoms with Gasteiger partial charge in [-0.3, -0.25) is 4.84 Å². The van der Waals surface area contributed by atoms with E-state index < -0.39 is 11.3 Å². The minimum atomic E-state index is -1.17. The standard InChI is InChI=1S/C16H17NO2/c1-15(18)12-16(17-19-15,13-8-4-2-5-9-13)14-10-6-3-7-11-14/h2-11,17-18H,12H2,1H3. The first kappa shape index (κ1) is 12.4. The van der Waals surface area contributed by atoms with Gasteiger partial charge in [0, 0.05) is 6.42 Å². The van der Waals surface area contributed by atoms with E-state index >= 15 is 0 Å². The molecule has 19 heavy (non-hydrogen) atoms. The predicted octanol–water partition coefficient (Wildman–Crippen LogP) is 2.56. The fourth-order valence-corrected chi connectivity index (χ4v) is 2.70. The first-order chi connectivity index (χ1) is 9.12. The van der Waals surface area contributed by atoms with Crippen LogP contribution in [0, 0.1) is 0 Å². The highest BCUT2D eigenvalue weighted by Crippen LogP contribution is 2.41. The number of hydrogen-bond acceptors (Lipinski definition) is 3. The van der Waals surface area contributed by atoms with E-state index in [0.29, 0.717) is 6.42 Å². The Kier molecular flexibility index (Phi) is 2.90. The molecule has 1 fully saturated rings. The van der Waals surface area contributed by atoms with Crippen molar-refractivity contribution in [3.8, 4) is 0 Å². The van der Waals surface area contributed by atoms with Crippen LogP contribution in [0.25, 0.3) is 0 Å². The van der Waals surface area contributed by atoms with Crippen molar-refractivity contribution < 1.29 is 9.94 Å². The summed E-state index contributed by atoms with van der Waals surface area (Å²) in [6.07, 6.45) is 0.466. The Labute approximate surface area is 112 Å². The van der Waals surface area contributed by atoms with Gasteiger partial charge in [0.15, 0.2) is 5.79 Å². The molecule has 2 N–H and O–H groups in total. The third kappa shape index (κ3) is 2.16. The average molecular weight is 255 g/mol. The van der Waals surface area contributed by atoms with Gasteiger partial charge in [0.2, 0.25) is 0 Å². The summed E-state index contributed by atoms with van der Waals surface area (Å²) in [7, 11) is 0. The van der Waals surface area contributed by atoms with Crippen LogP contribution in [0.15, 0.2) is 60.7 Å². The van der Waals surface area contributed by atoms with Crippen LogP contribution >= 0.6 is 0 Å². The van der Waals surface area contributed by atoms with Crippen LogP contribution in [0.2, 0.25) is 0 Å². The number of rotatable bonds is 2. The Morgan fingerprint density at radius 1 is 0.947 bits per heavy atom. The second-order valence-electron chi connectivity index (χ2n) is 5.19. The maximum absolute atomic E-state index is 10.2. The van der Waals surface area contributed by atoms with Gasteiger partial charge in [-0.25, -0.2) is 0 Å². The quantitative estimate of drug-likeness (QED) is 0.866. The number of aliphatic hydroxyl groups is 1. The lowest BCUT2D eigenvalue weighted by Gasteiger charge is -2.29. The molecule has 98 valence electrons. The van der Waals surface area contributed by atoms with Crippen LogP contribution < -0.4 is 5.48 Å². The third-order valence-electron chi connectivity index (χ3n) is 3.57. The monoisotopic (exact) mass is 255 g/mol. The van der Waals surface area contributed by atoms with Crippen molar-refractivity contribution in [1.29, 1.82) is 0 Å². The SMILES string of the molecule is CC1(O)CC(c2ccccc2)(c2ccccc2)NO1. The minimum absolute atomic E-state index is 0.466. The number of benzene rings is 2. The van der Waals surface area contributed by atoms with Crippen molar-refractivity contribution in [3.63, 3.8) is 0 Å². The molecule has 0 saturated carbocycles. The second-order valence-corrected chi connectivity index (χ2v) is 5.19. The highest BCUT2D eigenvalue weighted by atomic mass is 16.8. The minimum Gasteiger partial charge on any atom is -0.364 e. The number of nitrogens with one attached hydrogen (secondary N) is 1.